The van der Waals surface area contributed by atoms with E-state index >= 15 is 0 Å². The quantitative estimate of drug-likeness (QED) is 0.169. The van der Waals surface area contributed by atoms with Gasteiger partial charge < -0.3 is 15.2 Å². The van der Waals surface area contributed by atoms with E-state index in [1.165, 1.54) is 12.8 Å². The zero-order valence-corrected chi connectivity index (χ0v) is 24.2. The van der Waals surface area contributed by atoms with E-state index in [1.54, 1.807) is 43.1 Å². The second kappa shape index (κ2) is 11.0. The number of anilines is 1. The molecule has 216 valence electrons. The van der Waals surface area contributed by atoms with Gasteiger partial charge in [0.25, 0.3) is 0 Å². The molecule has 0 atom stereocenters. The number of nitrogens with one attached hydrogen (secondary N) is 3. The SMILES string of the molecule is C=C(Nc1cncc(-c2cc3c(-c4nc5c(-c6cc(F)cc(CCCN(C)C)c6)cncc5[nH]4)n[nH]c3cn2)c1)C1CC1. The zero-order chi connectivity index (χ0) is 29.5. The summed E-state index contributed by atoms with van der Waals surface area (Å²) in [5.74, 6) is 0.862. The molecule has 3 N–H and O–H groups in total. The van der Waals surface area contributed by atoms with Gasteiger partial charge in [0.05, 0.1) is 46.5 Å². The van der Waals surface area contributed by atoms with E-state index < -0.39 is 0 Å². The number of halogens is 1. The van der Waals surface area contributed by atoms with Gasteiger partial charge in [-0.25, -0.2) is 9.37 Å². The number of H-pyrrole nitrogens is 2. The molecule has 1 saturated carbocycles. The minimum atomic E-state index is -0.269. The number of hydrogen-bond donors (Lipinski definition) is 3. The Kier molecular flexibility index (Phi) is 6.90. The summed E-state index contributed by atoms with van der Waals surface area (Å²) in [6.07, 6.45) is 12.9. The van der Waals surface area contributed by atoms with Crippen molar-refractivity contribution in [3.63, 3.8) is 0 Å². The van der Waals surface area contributed by atoms with Crippen LogP contribution in [0.15, 0.2) is 73.6 Å². The highest BCUT2D eigenvalue weighted by Gasteiger charge is 2.24. The zero-order valence-electron chi connectivity index (χ0n) is 24.2. The monoisotopic (exact) mass is 573 g/mol. The Hall–Kier alpha value is -4.96. The van der Waals surface area contributed by atoms with Crippen molar-refractivity contribution in [2.45, 2.75) is 25.7 Å². The Morgan fingerprint density at radius 3 is 2.70 bits per heavy atom. The Morgan fingerprint density at radius 1 is 1.00 bits per heavy atom. The van der Waals surface area contributed by atoms with Crippen LogP contribution in [-0.4, -0.2) is 60.7 Å². The third-order valence-electron chi connectivity index (χ3n) is 7.81. The van der Waals surface area contributed by atoms with Crippen LogP contribution >= 0.6 is 0 Å². The van der Waals surface area contributed by atoms with Crippen molar-refractivity contribution in [3.05, 3.63) is 85.0 Å². The third kappa shape index (κ3) is 5.61. The van der Waals surface area contributed by atoms with E-state index in [0.717, 1.165) is 75.1 Å². The molecule has 0 aliphatic heterocycles. The molecule has 1 aliphatic rings. The summed E-state index contributed by atoms with van der Waals surface area (Å²) in [6, 6.07) is 9.20. The van der Waals surface area contributed by atoms with Crippen LogP contribution in [0.5, 0.6) is 0 Å². The maximum atomic E-state index is 14.7. The van der Waals surface area contributed by atoms with Crippen LogP contribution in [0.25, 0.3) is 55.8 Å². The topological polar surface area (TPSA) is 111 Å². The lowest BCUT2D eigenvalue weighted by molar-refractivity contribution is 0.400. The number of imidazole rings is 1. The van der Waals surface area contributed by atoms with Gasteiger partial charge in [0.15, 0.2) is 5.82 Å². The Bertz CT molecular complexity index is 1970. The number of rotatable bonds is 10. The molecule has 7 rings (SSSR count). The third-order valence-corrected chi connectivity index (χ3v) is 7.81. The first kappa shape index (κ1) is 26.9. The molecule has 6 aromatic rings. The van der Waals surface area contributed by atoms with Crippen molar-refractivity contribution in [2.75, 3.05) is 26.0 Å². The molecule has 10 heteroatoms. The van der Waals surface area contributed by atoms with Gasteiger partial charge in [-0.1, -0.05) is 12.6 Å². The predicted octanol–water partition coefficient (Wildman–Crippen LogP) is 6.59. The number of aryl methyl sites for hydroxylation is 1. The molecular weight excluding hydrogens is 541 g/mol. The van der Waals surface area contributed by atoms with Crippen molar-refractivity contribution in [2.24, 2.45) is 5.92 Å². The van der Waals surface area contributed by atoms with E-state index in [0.29, 0.717) is 23.0 Å². The van der Waals surface area contributed by atoms with Crippen LogP contribution < -0.4 is 5.32 Å². The summed E-state index contributed by atoms with van der Waals surface area (Å²) < 4.78 is 14.7. The van der Waals surface area contributed by atoms with Gasteiger partial charge in [0.2, 0.25) is 0 Å². The van der Waals surface area contributed by atoms with Crippen LogP contribution in [0.1, 0.15) is 24.8 Å². The summed E-state index contributed by atoms with van der Waals surface area (Å²) in [4.78, 5) is 24.0. The van der Waals surface area contributed by atoms with Crippen LogP contribution in [0.3, 0.4) is 0 Å². The van der Waals surface area contributed by atoms with Crippen molar-refractivity contribution in [1.82, 2.24) is 40.0 Å². The first-order valence-electron chi connectivity index (χ1n) is 14.5. The Balaban J connectivity index is 1.23. The van der Waals surface area contributed by atoms with E-state index in [1.807, 2.05) is 32.3 Å². The summed E-state index contributed by atoms with van der Waals surface area (Å²) in [5, 5.41) is 11.9. The molecule has 0 amide bonds. The highest BCUT2D eigenvalue weighted by Crippen LogP contribution is 2.36. The molecule has 1 aromatic carbocycles. The lowest BCUT2D eigenvalue weighted by Gasteiger charge is -2.10. The van der Waals surface area contributed by atoms with Gasteiger partial charge in [-0.2, -0.15) is 5.10 Å². The van der Waals surface area contributed by atoms with E-state index in [-0.39, 0.29) is 5.82 Å². The molecule has 0 saturated heterocycles. The molecule has 1 fully saturated rings. The van der Waals surface area contributed by atoms with Gasteiger partial charge in [0, 0.05) is 34.6 Å². The minimum absolute atomic E-state index is 0.269. The van der Waals surface area contributed by atoms with Gasteiger partial charge in [-0.05, 0) is 87.6 Å². The summed E-state index contributed by atoms with van der Waals surface area (Å²) >= 11 is 0. The average Bonchev–Trinajstić information content (AvgIpc) is 3.62. The fraction of sp³-hybridized carbons (Fsp3) is 0.242. The molecule has 9 nitrogen and oxygen atoms in total. The summed E-state index contributed by atoms with van der Waals surface area (Å²) in [7, 11) is 4.08. The molecule has 5 aromatic heterocycles. The molecule has 0 radical (unpaired) electrons. The van der Waals surface area contributed by atoms with Crippen molar-refractivity contribution < 1.29 is 4.39 Å². The Morgan fingerprint density at radius 2 is 1.86 bits per heavy atom. The molecular formula is C33H32FN9. The number of nitrogens with zero attached hydrogens (tertiary/aromatic N) is 6. The van der Waals surface area contributed by atoms with Gasteiger partial charge in [-0.3, -0.25) is 20.1 Å². The predicted molar refractivity (Wildman–Crippen MR) is 168 cm³/mol. The molecule has 5 heterocycles. The van der Waals surface area contributed by atoms with E-state index in [4.69, 9.17) is 4.98 Å². The fourth-order valence-electron chi connectivity index (χ4n) is 5.43. The fourth-order valence-corrected chi connectivity index (χ4v) is 5.43. The van der Waals surface area contributed by atoms with Crippen LogP contribution in [0.4, 0.5) is 10.1 Å². The van der Waals surface area contributed by atoms with Crippen LogP contribution in [0, 0.1) is 11.7 Å². The molecule has 0 spiro atoms. The van der Waals surface area contributed by atoms with Gasteiger partial charge in [-0.15, -0.1) is 0 Å². The first-order chi connectivity index (χ1) is 20.9. The summed E-state index contributed by atoms with van der Waals surface area (Å²) in [5.41, 5.74) is 8.93. The Labute approximate surface area is 248 Å². The number of fused-ring (bicyclic) bond motifs is 2. The highest BCUT2D eigenvalue weighted by atomic mass is 19.1. The normalized spacial score (nSPS) is 13.3. The average molecular weight is 574 g/mol. The summed E-state index contributed by atoms with van der Waals surface area (Å²) in [6.45, 7) is 5.10. The second-order valence-electron chi connectivity index (χ2n) is 11.5. The lowest BCUT2D eigenvalue weighted by atomic mass is 10.0. The maximum absolute atomic E-state index is 14.7. The minimum Gasteiger partial charge on any atom is -0.358 e. The number of aromatic amines is 2. The number of benzene rings is 1. The van der Waals surface area contributed by atoms with Crippen molar-refractivity contribution >= 4 is 27.6 Å². The smallest absolute Gasteiger partial charge is 0.159 e. The molecule has 43 heavy (non-hydrogen) atoms. The molecule has 0 unspecified atom stereocenters. The number of hydrogen-bond acceptors (Lipinski definition) is 7. The van der Waals surface area contributed by atoms with Crippen molar-refractivity contribution in [3.8, 4) is 33.9 Å². The number of aromatic nitrogens is 7. The first-order valence-corrected chi connectivity index (χ1v) is 14.5. The maximum Gasteiger partial charge on any atom is 0.159 e. The number of pyridine rings is 3. The van der Waals surface area contributed by atoms with Gasteiger partial charge >= 0.3 is 0 Å². The molecule has 1 aliphatic carbocycles. The highest BCUT2D eigenvalue weighted by molar-refractivity contribution is 5.97. The largest absolute Gasteiger partial charge is 0.358 e. The molecule has 0 bridgehead atoms. The lowest BCUT2D eigenvalue weighted by Crippen LogP contribution is -2.13. The van der Waals surface area contributed by atoms with E-state index in [9.17, 15) is 4.39 Å². The van der Waals surface area contributed by atoms with Crippen LogP contribution in [0.2, 0.25) is 0 Å². The standard InChI is InChI=1S/C33H32FN9/c1-19(21-6-7-21)38-25-12-23(14-35-15-25)28-13-26-29(18-37-28)41-42-32(26)33-39-30-17-36-16-27(31(30)40-33)22-9-20(10-24(34)11-22)5-4-8-43(2)3/h9-18,21,38H,1,4-8H2,2-3H3,(H,39,40)(H,41,42). The van der Waals surface area contributed by atoms with Crippen molar-refractivity contribution in [1.29, 1.82) is 0 Å². The second-order valence-corrected chi connectivity index (χ2v) is 11.5. The van der Waals surface area contributed by atoms with Gasteiger partial charge in [0.1, 0.15) is 11.5 Å². The van der Waals surface area contributed by atoms with E-state index in [2.05, 4.69) is 46.9 Å². The van der Waals surface area contributed by atoms with Crippen LogP contribution in [-0.2, 0) is 6.42 Å². The number of allylic oxidation sites excluding steroid dienone is 1.